The van der Waals surface area contributed by atoms with Gasteiger partial charge in [0, 0.05) is 18.1 Å². The Hall–Kier alpha value is -1.84. The molecule has 2 aromatic heterocycles. The van der Waals surface area contributed by atoms with E-state index in [1.807, 2.05) is 19.2 Å². The number of hydrogen-bond donors (Lipinski definition) is 1. The maximum Gasteiger partial charge on any atom is 0.252 e. The quantitative estimate of drug-likeness (QED) is 0.694. The number of amides is 1. The summed E-state index contributed by atoms with van der Waals surface area (Å²) in [7, 11) is 0. The Bertz CT molecular complexity index is 473. The van der Waals surface area contributed by atoms with Crippen molar-refractivity contribution in [2.45, 2.75) is 6.92 Å². The molecule has 0 unspecified atom stereocenters. The van der Waals surface area contributed by atoms with E-state index < -0.39 is 5.91 Å². The second-order valence-electron chi connectivity index (χ2n) is 2.89. The van der Waals surface area contributed by atoms with Crippen LogP contribution >= 0.6 is 0 Å². The molecule has 0 spiro atoms. The zero-order chi connectivity index (χ0) is 9.42. The lowest BCUT2D eigenvalue weighted by molar-refractivity contribution is 0.100. The van der Waals surface area contributed by atoms with Gasteiger partial charge in [0.2, 0.25) is 0 Å². The number of carbonyl (C=O) groups excluding carboxylic acids is 1. The van der Waals surface area contributed by atoms with Gasteiger partial charge in [-0.05, 0) is 19.1 Å². The Morgan fingerprint density at radius 1 is 1.46 bits per heavy atom. The molecule has 2 aromatic rings. The van der Waals surface area contributed by atoms with E-state index >= 15 is 0 Å². The maximum absolute atomic E-state index is 11.0. The summed E-state index contributed by atoms with van der Waals surface area (Å²) in [5.74, 6) is -0.444. The zero-order valence-electron chi connectivity index (χ0n) is 7.19. The van der Waals surface area contributed by atoms with Gasteiger partial charge < -0.3 is 10.1 Å². The van der Waals surface area contributed by atoms with Gasteiger partial charge in [-0.15, -0.1) is 0 Å². The molecular weight excluding hydrogens is 166 g/mol. The fourth-order valence-electron chi connectivity index (χ4n) is 1.26. The van der Waals surface area contributed by atoms with E-state index in [2.05, 4.69) is 4.98 Å². The van der Waals surface area contributed by atoms with Crippen molar-refractivity contribution < 1.29 is 4.79 Å². The first-order chi connectivity index (χ1) is 6.18. The van der Waals surface area contributed by atoms with Crippen molar-refractivity contribution in [3.05, 3.63) is 35.8 Å². The summed E-state index contributed by atoms with van der Waals surface area (Å²) in [6, 6.07) is 3.54. The number of primary amides is 1. The van der Waals surface area contributed by atoms with Crippen molar-refractivity contribution in [2.75, 3.05) is 0 Å². The third-order valence-corrected chi connectivity index (χ3v) is 1.91. The van der Waals surface area contributed by atoms with Gasteiger partial charge in [0.25, 0.3) is 5.91 Å². The monoisotopic (exact) mass is 175 g/mol. The van der Waals surface area contributed by atoms with Gasteiger partial charge in [0.05, 0.1) is 5.56 Å². The number of hydrogen-bond acceptors (Lipinski definition) is 2. The molecule has 0 radical (unpaired) electrons. The first-order valence-electron chi connectivity index (χ1n) is 3.92. The molecule has 0 saturated heterocycles. The molecule has 0 aliphatic carbocycles. The molecule has 2 rings (SSSR count). The van der Waals surface area contributed by atoms with Crippen molar-refractivity contribution in [3.8, 4) is 0 Å². The summed E-state index contributed by atoms with van der Waals surface area (Å²) < 4.78 is 1.77. The molecule has 0 aromatic carbocycles. The average molecular weight is 175 g/mol. The highest BCUT2D eigenvalue weighted by molar-refractivity contribution is 5.98. The van der Waals surface area contributed by atoms with E-state index in [4.69, 9.17) is 5.73 Å². The van der Waals surface area contributed by atoms with Crippen molar-refractivity contribution >= 4 is 11.6 Å². The average Bonchev–Trinajstić information content (AvgIpc) is 2.46. The van der Waals surface area contributed by atoms with Crippen molar-refractivity contribution in [3.63, 3.8) is 0 Å². The van der Waals surface area contributed by atoms with Gasteiger partial charge in [-0.1, -0.05) is 0 Å². The lowest BCUT2D eigenvalue weighted by Crippen LogP contribution is -2.11. The maximum atomic E-state index is 11.0. The molecule has 0 saturated carbocycles. The minimum absolute atomic E-state index is 0.444. The van der Waals surface area contributed by atoms with Crippen LogP contribution in [0, 0.1) is 6.92 Å². The molecule has 0 bridgehead atoms. The second-order valence-corrected chi connectivity index (χ2v) is 2.89. The summed E-state index contributed by atoms with van der Waals surface area (Å²) in [5.41, 5.74) is 7.13. The summed E-state index contributed by atoms with van der Waals surface area (Å²) in [6.45, 7) is 1.87. The van der Waals surface area contributed by atoms with Crippen LogP contribution in [0.4, 0.5) is 0 Å². The third kappa shape index (κ3) is 1.16. The topological polar surface area (TPSA) is 60.4 Å². The standard InChI is InChI=1S/C9H9N3O/c1-6-2-4-12-5-3-7(8(10)13)9(12)11-6/h2-5H,1H3,(H2,10,13). The number of carbonyl (C=O) groups is 1. The molecule has 0 fully saturated rings. The first-order valence-corrected chi connectivity index (χ1v) is 3.92. The van der Waals surface area contributed by atoms with Gasteiger partial charge in [0.15, 0.2) is 0 Å². The van der Waals surface area contributed by atoms with Crippen LogP contribution in [0.1, 0.15) is 16.1 Å². The number of rotatable bonds is 1. The van der Waals surface area contributed by atoms with Gasteiger partial charge in [-0.2, -0.15) is 0 Å². The van der Waals surface area contributed by atoms with E-state index in [1.54, 1.807) is 16.7 Å². The Labute approximate surface area is 75.0 Å². The summed E-state index contributed by atoms with van der Waals surface area (Å²) in [6.07, 6.45) is 3.62. The Morgan fingerprint density at radius 3 is 2.85 bits per heavy atom. The normalized spacial score (nSPS) is 10.5. The lowest BCUT2D eigenvalue weighted by Gasteiger charge is -1.96. The Kier molecular flexibility index (Phi) is 1.55. The molecular formula is C9H9N3O. The van der Waals surface area contributed by atoms with Crippen LogP contribution < -0.4 is 5.73 Å². The van der Waals surface area contributed by atoms with Crippen LogP contribution in [0.15, 0.2) is 24.5 Å². The number of nitrogens with two attached hydrogens (primary N) is 1. The molecule has 0 atom stereocenters. The first kappa shape index (κ1) is 7.79. The molecule has 0 aliphatic rings. The predicted octanol–water partition coefficient (Wildman–Crippen LogP) is 0.742. The highest BCUT2D eigenvalue weighted by Gasteiger charge is 2.08. The van der Waals surface area contributed by atoms with Crippen molar-refractivity contribution in [1.29, 1.82) is 0 Å². The van der Waals surface area contributed by atoms with E-state index in [1.165, 1.54) is 0 Å². The second kappa shape index (κ2) is 2.58. The Morgan fingerprint density at radius 2 is 2.15 bits per heavy atom. The summed E-state index contributed by atoms with van der Waals surface area (Å²) >= 11 is 0. The van der Waals surface area contributed by atoms with Crippen LogP contribution in [0.5, 0.6) is 0 Å². The molecule has 13 heavy (non-hydrogen) atoms. The smallest absolute Gasteiger partial charge is 0.252 e. The van der Waals surface area contributed by atoms with Crippen LogP contribution in [0.2, 0.25) is 0 Å². The van der Waals surface area contributed by atoms with Gasteiger partial charge in [0.1, 0.15) is 5.65 Å². The molecule has 66 valence electrons. The van der Waals surface area contributed by atoms with Gasteiger partial charge in [-0.25, -0.2) is 4.98 Å². The Balaban J connectivity index is 2.79. The van der Waals surface area contributed by atoms with Crippen LogP contribution in [-0.4, -0.2) is 15.3 Å². The lowest BCUT2D eigenvalue weighted by atomic mass is 10.3. The minimum atomic E-state index is -0.444. The number of fused-ring (bicyclic) bond motifs is 1. The van der Waals surface area contributed by atoms with E-state index in [0.29, 0.717) is 11.2 Å². The molecule has 4 nitrogen and oxygen atoms in total. The van der Waals surface area contributed by atoms with Crippen LogP contribution in [-0.2, 0) is 0 Å². The molecule has 2 heterocycles. The zero-order valence-corrected chi connectivity index (χ0v) is 7.19. The predicted molar refractivity (Wildman–Crippen MR) is 48.4 cm³/mol. The largest absolute Gasteiger partial charge is 0.365 e. The van der Waals surface area contributed by atoms with Crippen molar-refractivity contribution in [2.24, 2.45) is 5.73 Å². The van der Waals surface area contributed by atoms with Gasteiger partial charge >= 0.3 is 0 Å². The highest BCUT2D eigenvalue weighted by atomic mass is 16.1. The minimum Gasteiger partial charge on any atom is -0.365 e. The molecule has 2 N–H and O–H groups in total. The molecule has 1 amide bonds. The van der Waals surface area contributed by atoms with E-state index in [0.717, 1.165) is 5.69 Å². The molecule has 0 aliphatic heterocycles. The third-order valence-electron chi connectivity index (χ3n) is 1.91. The number of nitrogens with zero attached hydrogens (tertiary/aromatic N) is 2. The van der Waals surface area contributed by atoms with E-state index in [-0.39, 0.29) is 0 Å². The highest BCUT2D eigenvalue weighted by Crippen LogP contribution is 2.09. The van der Waals surface area contributed by atoms with Gasteiger partial charge in [-0.3, -0.25) is 4.79 Å². The number of aromatic nitrogens is 2. The fourth-order valence-corrected chi connectivity index (χ4v) is 1.26. The van der Waals surface area contributed by atoms with Crippen LogP contribution in [0.3, 0.4) is 0 Å². The summed E-state index contributed by atoms with van der Waals surface area (Å²) in [5, 5.41) is 0. The fraction of sp³-hybridized carbons (Fsp3) is 0.111. The van der Waals surface area contributed by atoms with Crippen LogP contribution in [0.25, 0.3) is 5.65 Å². The summed E-state index contributed by atoms with van der Waals surface area (Å²) in [4.78, 5) is 15.2. The van der Waals surface area contributed by atoms with Crippen molar-refractivity contribution in [1.82, 2.24) is 9.38 Å². The molecule has 4 heteroatoms. The number of aryl methyl sites for hydroxylation is 1. The van der Waals surface area contributed by atoms with E-state index in [9.17, 15) is 4.79 Å². The SMILES string of the molecule is Cc1ccn2ccc(C(N)=O)c2n1.